The molecule has 4 heteroatoms. The van der Waals surface area contributed by atoms with Crippen molar-refractivity contribution in [3.63, 3.8) is 0 Å². The summed E-state index contributed by atoms with van der Waals surface area (Å²) in [6.07, 6.45) is 22.3. The molecule has 0 amide bonds. The van der Waals surface area contributed by atoms with Crippen LogP contribution in [0.1, 0.15) is 91.4 Å². The van der Waals surface area contributed by atoms with Gasteiger partial charge in [-0.25, -0.2) is 0 Å². The van der Waals surface area contributed by atoms with E-state index in [9.17, 15) is 4.79 Å². The van der Waals surface area contributed by atoms with E-state index in [2.05, 4.69) is 50.8 Å². The number of rotatable bonds is 19. The van der Waals surface area contributed by atoms with E-state index >= 15 is 0 Å². The second-order valence-electron chi connectivity index (χ2n) is 7.34. The van der Waals surface area contributed by atoms with Crippen molar-refractivity contribution in [3.8, 4) is 11.8 Å². The lowest BCUT2D eigenvalue weighted by molar-refractivity contribution is -0.142. The highest BCUT2D eigenvalue weighted by Crippen LogP contribution is 2.04. The van der Waals surface area contributed by atoms with Crippen LogP contribution in [0.2, 0.25) is 0 Å². The number of esters is 1. The number of hydrogen-bond acceptors (Lipinski definition) is 4. The molecule has 0 fully saturated rings. The van der Waals surface area contributed by atoms with E-state index in [0.29, 0.717) is 26.2 Å². The van der Waals surface area contributed by atoms with Crippen molar-refractivity contribution in [1.29, 1.82) is 0 Å². The molecule has 0 heterocycles. The Labute approximate surface area is 191 Å². The first-order valence-corrected chi connectivity index (χ1v) is 12.1. The average Bonchev–Trinajstić information content (AvgIpc) is 2.77. The molecule has 0 bridgehead atoms. The normalized spacial score (nSPS) is 11.6. The molecule has 0 aromatic heterocycles. The number of hydrogen-bond donors (Lipinski definition) is 0. The number of carbonyl (C=O) groups is 1. The number of unbranched alkanes of at least 4 members (excludes halogenated alkanes) is 6. The molecule has 176 valence electrons. The Bertz CT molecular complexity index is 531. The summed E-state index contributed by atoms with van der Waals surface area (Å²) in [6.45, 7) is 7.83. The van der Waals surface area contributed by atoms with Crippen molar-refractivity contribution in [2.24, 2.45) is 0 Å². The third-order valence-electron chi connectivity index (χ3n) is 4.30. The summed E-state index contributed by atoms with van der Waals surface area (Å²) in [6, 6.07) is 0. The SMILES string of the molecule is CCCC=CCOC(=O)CCCCCC#CC(OC/C=C/CCC)OC/C=C/CCC. The van der Waals surface area contributed by atoms with E-state index in [1.807, 2.05) is 18.2 Å². The van der Waals surface area contributed by atoms with Crippen LogP contribution in [0.4, 0.5) is 0 Å². The van der Waals surface area contributed by atoms with E-state index in [1.54, 1.807) is 0 Å². The van der Waals surface area contributed by atoms with Gasteiger partial charge in [0.2, 0.25) is 6.29 Å². The van der Waals surface area contributed by atoms with Crippen LogP contribution in [0, 0.1) is 11.8 Å². The molecule has 0 spiro atoms. The van der Waals surface area contributed by atoms with Crippen LogP contribution in [0.25, 0.3) is 0 Å². The van der Waals surface area contributed by atoms with Crippen LogP contribution >= 0.6 is 0 Å². The Morgan fingerprint density at radius 1 is 0.742 bits per heavy atom. The molecule has 0 aliphatic rings. The summed E-state index contributed by atoms with van der Waals surface area (Å²) in [4.78, 5) is 11.7. The molecule has 0 saturated carbocycles. The van der Waals surface area contributed by atoms with Crippen LogP contribution in [0.3, 0.4) is 0 Å². The highest BCUT2D eigenvalue weighted by atomic mass is 16.7. The molecule has 0 aromatic rings. The molecule has 0 unspecified atom stereocenters. The average molecular weight is 433 g/mol. The predicted molar refractivity (Wildman–Crippen MR) is 130 cm³/mol. The van der Waals surface area contributed by atoms with Gasteiger partial charge in [0.1, 0.15) is 6.61 Å². The van der Waals surface area contributed by atoms with Gasteiger partial charge < -0.3 is 14.2 Å². The Kier molecular flexibility index (Phi) is 23.0. The van der Waals surface area contributed by atoms with E-state index in [-0.39, 0.29) is 5.97 Å². The lowest BCUT2D eigenvalue weighted by Gasteiger charge is -2.10. The minimum absolute atomic E-state index is 0.124. The van der Waals surface area contributed by atoms with Crippen molar-refractivity contribution >= 4 is 5.97 Å². The number of carbonyl (C=O) groups excluding carboxylic acids is 1. The van der Waals surface area contributed by atoms with Crippen LogP contribution < -0.4 is 0 Å². The molecule has 0 atom stereocenters. The first-order chi connectivity index (χ1) is 15.2. The van der Waals surface area contributed by atoms with Crippen LogP contribution in [-0.4, -0.2) is 32.1 Å². The van der Waals surface area contributed by atoms with E-state index in [0.717, 1.165) is 64.2 Å². The first kappa shape index (κ1) is 29.2. The molecule has 4 nitrogen and oxygen atoms in total. The van der Waals surface area contributed by atoms with Crippen LogP contribution in [0.5, 0.6) is 0 Å². The minimum Gasteiger partial charge on any atom is -0.461 e. The summed E-state index contributed by atoms with van der Waals surface area (Å²) >= 11 is 0. The van der Waals surface area contributed by atoms with Gasteiger partial charge in [-0.2, -0.15) is 0 Å². The highest BCUT2D eigenvalue weighted by molar-refractivity contribution is 5.69. The second kappa shape index (κ2) is 24.4. The Morgan fingerprint density at radius 2 is 1.29 bits per heavy atom. The predicted octanol–water partition coefficient (Wildman–Crippen LogP) is 6.91. The Morgan fingerprint density at radius 3 is 1.84 bits per heavy atom. The molecule has 0 N–H and O–H groups in total. The van der Waals surface area contributed by atoms with Crippen LogP contribution in [0.15, 0.2) is 36.5 Å². The summed E-state index contributed by atoms with van der Waals surface area (Å²) in [5.41, 5.74) is 0. The van der Waals surface area contributed by atoms with E-state index in [4.69, 9.17) is 14.2 Å². The second-order valence-corrected chi connectivity index (χ2v) is 7.34. The van der Waals surface area contributed by atoms with Gasteiger partial charge in [-0.05, 0) is 38.0 Å². The van der Waals surface area contributed by atoms with Gasteiger partial charge in [-0.1, -0.05) is 88.8 Å². The molecular weight excluding hydrogens is 388 g/mol. The molecule has 0 aliphatic heterocycles. The lowest BCUT2D eigenvalue weighted by atomic mass is 10.1. The third kappa shape index (κ3) is 22.7. The van der Waals surface area contributed by atoms with Gasteiger partial charge in [0.05, 0.1) is 13.2 Å². The van der Waals surface area contributed by atoms with Crippen LogP contribution in [-0.2, 0) is 19.0 Å². The summed E-state index contributed by atoms with van der Waals surface area (Å²) < 4.78 is 16.6. The van der Waals surface area contributed by atoms with Gasteiger partial charge in [-0.3, -0.25) is 4.79 Å². The molecule has 31 heavy (non-hydrogen) atoms. The van der Waals surface area contributed by atoms with Crippen molar-refractivity contribution in [1.82, 2.24) is 0 Å². The van der Waals surface area contributed by atoms with Crippen molar-refractivity contribution < 1.29 is 19.0 Å². The lowest BCUT2D eigenvalue weighted by Crippen LogP contribution is -2.15. The fourth-order valence-corrected chi connectivity index (χ4v) is 2.50. The standard InChI is InChI=1S/C27H44O4/c1-4-7-10-18-23-29-26(28)21-16-14-13-15-17-22-27(30-24-19-11-8-5-2)31-25-20-12-9-6-3/h10-12,18-20,27H,4-9,13-16,21,23-25H2,1-3H3/b18-10?,19-11+,20-12+. The zero-order valence-electron chi connectivity index (χ0n) is 20.1. The number of allylic oxidation sites excluding steroid dienone is 3. The number of ether oxygens (including phenoxy) is 3. The van der Waals surface area contributed by atoms with Gasteiger partial charge in [0.15, 0.2) is 0 Å². The zero-order chi connectivity index (χ0) is 22.8. The van der Waals surface area contributed by atoms with Gasteiger partial charge in [0.25, 0.3) is 0 Å². The van der Waals surface area contributed by atoms with Gasteiger partial charge in [-0.15, -0.1) is 0 Å². The molecule has 0 aromatic carbocycles. The molecule has 0 saturated heterocycles. The quantitative estimate of drug-likeness (QED) is 0.0731. The van der Waals surface area contributed by atoms with Gasteiger partial charge in [0, 0.05) is 12.8 Å². The van der Waals surface area contributed by atoms with Crippen molar-refractivity contribution in [2.75, 3.05) is 19.8 Å². The van der Waals surface area contributed by atoms with E-state index in [1.165, 1.54) is 0 Å². The highest BCUT2D eigenvalue weighted by Gasteiger charge is 2.03. The smallest absolute Gasteiger partial charge is 0.306 e. The van der Waals surface area contributed by atoms with Crippen molar-refractivity contribution in [2.45, 2.75) is 97.7 Å². The maximum atomic E-state index is 11.7. The summed E-state index contributed by atoms with van der Waals surface area (Å²) in [5, 5.41) is 0. The zero-order valence-corrected chi connectivity index (χ0v) is 20.1. The molecule has 0 aliphatic carbocycles. The largest absolute Gasteiger partial charge is 0.461 e. The maximum Gasteiger partial charge on any atom is 0.306 e. The Balaban J connectivity index is 4.07. The topological polar surface area (TPSA) is 44.8 Å². The minimum atomic E-state index is -0.506. The summed E-state index contributed by atoms with van der Waals surface area (Å²) in [5.74, 6) is 6.12. The first-order valence-electron chi connectivity index (χ1n) is 12.1. The van der Waals surface area contributed by atoms with E-state index < -0.39 is 6.29 Å². The molecule has 0 radical (unpaired) electrons. The fourth-order valence-electron chi connectivity index (χ4n) is 2.50. The molecular formula is C27H44O4. The maximum absolute atomic E-state index is 11.7. The fraction of sp³-hybridized carbons (Fsp3) is 0.667. The van der Waals surface area contributed by atoms with Crippen molar-refractivity contribution in [3.05, 3.63) is 36.5 Å². The summed E-state index contributed by atoms with van der Waals surface area (Å²) in [7, 11) is 0. The third-order valence-corrected chi connectivity index (χ3v) is 4.30. The monoisotopic (exact) mass is 432 g/mol. The Hall–Kier alpha value is -1.83. The van der Waals surface area contributed by atoms with Gasteiger partial charge >= 0.3 is 5.97 Å². The molecule has 0 rings (SSSR count).